The molecule has 102 valence electrons. The molecule has 9 heteroatoms. The number of hydrogen-bond donors (Lipinski definition) is 3. The summed E-state index contributed by atoms with van der Waals surface area (Å²) in [5.41, 5.74) is 4.91. The third kappa shape index (κ3) is 10.7. The maximum absolute atomic E-state index is 12.9. The van der Waals surface area contributed by atoms with E-state index in [4.69, 9.17) is 10.8 Å². The second kappa shape index (κ2) is 9.82. The number of amides is 1. The molecular weight excluding hydrogens is 413 g/mol. The number of carbonyl (C=O) groups is 1. The Morgan fingerprint density at radius 3 is 2.59 bits per heavy atom. The summed E-state index contributed by atoms with van der Waals surface area (Å²) in [6.45, 7) is -3.66. The van der Waals surface area contributed by atoms with Gasteiger partial charge in [0, 0.05) is 27.6 Å². The molecule has 4 N–H and O–H groups in total. The average Bonchev–Trinajstić information content (AvgIpc) is 2.25. The zero-order chi connectivity index (χ0) is 12.6. The van der Waals surface area contributed by atoms with Gasteiger partial charge in [0.05, 0.1) is 13.2 Å². The molecule has 1 atom stereocenters. The van der Waals surface area contributed by atoms with Gasteiger partial charge in [-0.15, -0.1) is 0 Å². The fourth-order valence-electron chi connectivity index (χ4n) is 0.739. The maximum atomic E-state index is 12.9. The van der Waals surface area contributed by atoms with E-state index in [1.165, 1.54) is 0 Å². The molecule has 0 aromatic heterocycles. The summed E-state index contributed by atoms with van der Waals surface area (Å²) in [4.78, 5) is 10.5. The van der Waals surface area contributed by atoms with E-state index in [2.05, 4.69) is 4.74 Å². The second-order valence-corrected chi connectivity index (χ2v) is 3.14. The van der Waals surface area contributed by atoms with Crippen molar-refractivity contribution >= 4 is 5.91 Å². The van der Waals surface area contributed by atoms with Crippen LogP contribution in [0.2, 0.25) is 0 Å². The third-order valence-electron chi connectivity index (χ3n) is 1.56. The minimum Gasteiger partial charge on any atom is -0.387 e. The Morgan fingerprint density at radius 1 is 1.53 bits per heavy atom. The molecular formula is C8H15F3N2O3W. The van der Waals surface area contributed by atoms with E-state index in [0.717, 1.165) is 0 Å². The zero-order valence-electron chi connectivity index (χ0n) is 9.00. The fraction of sp³-hybridized carbons (Fsp3) is 0.875. The van der Waals surface area contributed by atoms with Gasteiger partial charge in [-0.25, -0.2) is 13.2 Å². The summed E-state index contributed by atoms with van der Waals surface area (Å²) in [5.74, 6) is -4.22. The van der Waals surface area contributed by atoms with Crippen LogP contribution in [0.1, 0.15) is 0 Å². The van der Waals surface area contributed by atoms with E-state index in [0.29, 0.717) is 0 Å². The SMILES string of the molecule is NCC(F)COCC(F)(F)CNC(=O)CO.[W]. The zero-order valence-corrected chi connectivity index (χ0v) is 11.9. The summed E-state index contributed by atoms with van der Waals surface area (Å²) < 4.78 is 42.7. The Morgan fingerprint density at radius 2 is 2.12 bits per heavy atom. The molecule has 0 aliphatic heterocycles. The monoisotopic (exact) mass is 428 g/mol. The minimum absolute atomic E-state index is 0. The molecule has 5 nitrogen and oxygen atoms in total. The molecule has 0 aliphatic rings. The predicted molar refractivity (Wildman–Crippen MR) is 49.8 cm³/mol. The van der Waals surface area contributed by atoms with Crippen LogP contribution in [0, 0.1) is 0 Å². The van der Waals surface area contributed by atoms with Crippen LogP contribution < -0.4 is 11.1 Å². The van der Waals surface area contributed by atoms with Crippen molar-refractivity contribution in [2.45, 2.75) is 12.1 Å². The number of rotatable bonds is 8. The van der Waals surface area contributed by atoms with Crippen LogP contribution in [-0.2, 0) is 30.6 Å². The molecule has 17 heavy (non-hydrogen) atoms. The molecule has 0 bridgehead atoms. The van der Waals surface area contributed by atoms with Crippen LogP contribution in [0.25, 0.3) is 0 Å². The standard InChI is InChI=1S/C8H15F3N2O3.W/c9-6(1-12)3-16-5-8(10,11)4-13-7(15)2-14;/h6,14H,1-5,12H2,(H,13,15);. The normalized spacial score (nSPS) is 12.8. The average molecular weight is 428 g/mol. The number of carbonyl (C=O) groups excluding carboxylic acids is 1. The van der Waals surface area contributed by atoms with Gasteiger partial charge in [0.15, 0.2) is 0 Å². The number of nitrogens with two attached hydrogens (primary N) is 1. The summed E-state index contributed by atoms with van der Waals surface area (Å²) >= 11 is 0. The van der Waals surface area contributed by atoms with E-state index < -0.39 is 44.4 Å². The van der Waals surface area contributed by atoms with Crippen molar-refractivity contribution in [3.05, 3.63) is 0 Å². The molecule has 0 radical (unpaired) electrons. The van der Waals surface area contributed by atoms with Crippen LogP contribution in [0.3, 0.4) is 0 Å². The molecule has 0 fully saturated rings. The first-order chi connectivity index (χ1) is 7.41. The van der Waals surface area contributed by atoms with Crippen molar-refractivity contribution in [1.29, 1.82) is 0 Å². The molecule has 1 amide bonds. The number of ether oxygens (including phenoxy) is 1. The minimum atomic E-state index is -3.31. The molecule has 0 rings (SSSR count). The van der Waals surface area contributed by atoms with Gasteiger partial charge in [-0.1, -0.05) is 0 Å². The molecule has 0 spiro atoms. The largest absolute Gasteiger partial charge is 0.387 e. The molecule has 1 unspecified atom stereocenters. The van der Waals surface area contributed by atoms with E-state index in [1.54, 1.807) is 5.32 Å². The van der Waals surface area contributed by atoms with Gasteiger partial charge in [0.25, 0.3) is 5.92 Å². The Labute approximate surface area is 111 Å². The first-order valence-corrected chi connectivity index (χ1v) is 4.58. The quantitative estimate of drug-likeness (QED) is 0.466. The van der Waals surface area contributed by atoms with Gasteiger partial charge in [-0.05, 0) is 0 Å². The van der Waals surface area contributed by atoms with Crippen LogP contribution >= 0.6 is 0 Å². The fourth-order valence-corrected chi connectivity index (χ4v) is 0.739. The van der Waals surface area contributed by atoms with E-state index in [9.17, 15) is 18.0 Å². The summed E-state index contributed by atoms with van der Waals surface area (Å²) in [5, 5.41) is 10.0. The van der Waals surface area contributed by atoms with E-state index in [-0.39, 0.29) is 27.6 Å². The van der Waals surface area contributed by atoms with Crippen LogP contribution in [0.4, 0.5) is 13.2 Å². The Hall–Kier alpha value is -0.172. The number of alkyl halides is 3. The number of halogens is 3. The maximum Gasteiger partial charge on any atom is 0.287 e. The van der Waals surface area contributed by atoms with Crippen molar-refractivity contribution < 1.29 is 48.9 Å². The van der Waals surface area contributed by atoms with E-state index in [1.807, 2.05) is 0 Å². The second-order valence-electron chi connectivity index (χ2n) is 3.14. The molecule has 0 saturated carbocycles. The molecule has 0 aromatic carbocycles. The van der Waals surface area contributed by atoms with Gasteiger partial charge in [-0.2, -0.15) is 0 Å². The van der Waals surface area contributed by atoms with E-state index >= 15 is 0 Å². The number of hydrogen-bond acceptors (Lipinski definition) is 4. The van der Waals surface area contributed by atoms with Crippen molar-refractivity contribution in [1.82, 2.24) is 5.32 Å². The van der Waals surface area contributed by atoms with Crippen molar-refractivity contribution in [3.8, 4) is 0 Å². The van der Waals surface area contributed by atoms with Gasteiger partial charge in [0.2, 0.25) is 5.91 Å². The van der Waals surface area contributed by atoms with Gasteiger partial charge in [-0.3, -0.25) is 4.79 Å². The molecule has 0 saturated heterocycles. The number of aliphatic hydroxyl groups is 1. The Balaban J connectivity index is 0. The summed E-state index contributed by atoms with van der Waals surface area (Å²) in [6, 6.07) is 0. The Bertz CT molecular complexity index is 222. The Kier molecular flexibility index (Phi) is 11.1. The summed E-state index contributed by atoms with van der Waals surface area (Å²) in [6.07, 6.45) is -1.48. The third-order valence-corrected chi connectivity index (χ3v) is 1.56. The van der Waals surface area contributed by atoms with Gasteiger partial charge in [0.1, 0.15) is 19.4 Å². The topological polar surface area (TPSA) is 84.6 Å². The molecule has 0 aliphatic carbocycles. The van der Waals surface area contributed by atoms with Crippen LogP contribution in [-0.4, -0.2) is 56.0 Å². The van der Waals surface area contributed by atoms with Gasteiger partial charge < -0.3 is 20.9 Å². The van der Waals surface area contributed by atoms with Crippen molar-refractivity contribution in [2.75, 3.05) is 32.9 Å². The van der Waals surface area contributed by atoms with Crippen LogP contribution in [0.5, 0.6) is 0 Å². The number of nitrogens with one attached hydrogen (secondary N) is 1. The van der Waals surface area contributed by atoms with Crippen molar-refractivity contribution in [3.63, 3.8) is 0 Å². The van der Waals surface area contributed by atoms with Gasteiger partial charge >= 0.3 is 0 Å². The molecule has 0 aromatic rings. The van der Waals surface area contributed by atoms with Crippen LogP contribution in [0.15, 0.2) is 0 Å². The number of aliphatic hydroxyl groups excluding tert-OH is 1. The van der Waals surface area contributed by atoms with Crippen molar-refractivity contribution in [2.24, 2.45) is 5.73 Å². The first-order valence-electron chi connectivity index (χ1n) is 4.58. The smallest absolute Gasteiger partial charge is 0.287 e. The summed E-state index contributed by atoms with van der Waals surface area (Å²) in [7, 11) is 0. The first kappa shape index (κ1) is 19.2. The predicted octanol–water partition coefficient (Wildman–Crippen LogP) is -0.959. The molecule has 0 heterocycles.